The topological polar surface area (TPSA) is 83.3 Å². The number of ether oxygens (including phenoxy) is 1. The lowest BCUT2D eigenvalue weighted by atomic mass is 10.2. The lowest BCUT2D eigenvalue weighted by Gasteiger charge is -2.18. The van der Waals surface area contributed by atoms with Crippen LogP contribution in [-0.4, -0.2) is 23.5 Å². The van der Waals surface area contributed by atoms with Crippen LogP contribution >= 0.6 is 11.3 Å². The summed E-state index contributed by atoms with van der Waals surface area (Å²) in [5.41, 5.74) is 0.164. The van der Waals surface area contributed by atoms with E-state index in [9.17, 15) is 14.0 Å². The molecule has 0 aliphatic carbocycles. The molecule has 1 aromatic heterocycles. The number of rotatable bonds is 5. The van der Waals surface area contributed by atoms with Crippen LogP contribution in [-0.2, 0) is 14.3 Å². The normalized spacial score (nSPS) is 10.9. The highest BCUT2D eigenvalue weighted by Gasteiger charge is 2.21. The van der Waals surface area contributed by atoms with Gasteiger partial charge in [0, 0.05) is 12.3 Å². The number of carbonyl (C=O) groups excluding carboxylic acids is 2. The average Bonchev–Trinajstić information content (AvgIpc) is 3.02. The number of nitrogens with zero attached hydrogens (tertiary/aromatic N) is 3. The number of aromatic nitrogens is 1. The number of amides is 1. The molecule has 0 saturated heterocycles. The van der Waals surface area contributed by atoms with Crippen molar-refractivity contribution in [3.63, 3.8) is 0 Å². The molecular formula is C17H14FN3O3S. The highest BCUT2D eigenvalue weighted by molar-refractivity contribution is 7.14. The van der Waals surface area contributed by atoms with Crippen LogP contribution in [0.15, 0.2) is 35.2 Å². The van der Waals surface area contributed by atoms with Gasteiger partial charge in [0.25, 0.3) is 0 Å². The van der Waals surface area contributed by atoms with Crippen LogP contribution in [0, 0.1) is 17.1 Å². The molecule has 2 rings (SSSR count). The van der Waals surface area contributed by atoms with Crippen molar-refractivity contribution in [3.05, 3.63) is 46.7 Å². The third-order valence-electron chi connectivity index (χ3n) is 3.02. The zero-order chi connectivity index (χ0) is 18.4. The molecule has 25 heavy (non-hydrogen) atoms. The van der Waals surface area contributed by atoms with Crippen molar-refractivity contribution in [1.82, 2.24) is 4.98 Å². The molecular weight excluding hydrogens is 345 g/mol. The standard InChI is InChI=1S/C17H14FN3O3S/c1-3-24-16(23)12(9-19)8-13-10-25-17(20-13)21(11(2)22)15-7-5-4-6-14(15)18/h4-8,10H,3H2,1-2H3/b12-8+. The fraction of sp³-hybridized carbons (Fsp3) is 0.176. The predicted molar refractivity (Wildman–Crippen MR) is 91.6 cm³/mol. The van der Waals surface area contributed by atoms with Gasteiger partial charge in [0.2, 0.25) is 5.91 Å². The Balaban J connectivity index is 2.39. The van der Waals surface area contributed by atoms with E-state index >= 15 is 0 Å². The largest absolute Gasteiger partial charge is 0.462 e. The van der Waals surface area contributed by atoms with E-state index in [2.05, 4.69) is 4.98 Å². The SMILES string of the molecule is CCOC(=O)/C(C#N)=C/c1csc(N(C(C)=O)c2ccccc2F)n1. The maximum atomic E-state index is 14.0. The summed E-state index contributed by atoms with van der Waals surface area (Å²) in [5.74, 6) is -1.73. The van der Waals surface area contributed by atoms with Crippen LogP contribution in [0.2, 0.25) is 0 Å². The number of carbonyl (C=O) groups is 2. The molecule has 0 aliphatic heterocycles. The zero-order valence-corrected chi connectivity index (χ0v) is 14.3. The van der Waals surface area contributed by atoms with Crippen LogP contribution in [0.25, 0.3) is 6.08 Å². The summed E-state index contributed by atoms with van der Waals surface area (Å²) in [5, 5.41) is 10.8. The van der Waals surface area contributed by atoms with Crippen LogP contribution in [0.4, 0.5) is 15.2 Å². The van der Waals surface area contributed by atoms with Crippen molar-refractivity contribution in [2.45, 2.75) is 13.8 Å². The van der Waals surface area contributed by atoms with Crippen LogP contribution in [0.1, 0.15) is 19.5 Å². The molecule has 0 radical (unpaired) electrons. The highest BCUT2D eigenvalue weighted by atomic mass is 32.1. The van der Waals surface area contributed by atoms with Crippen molar-refractivity contribution < 1.29 is 18.7 Å². The van der Waals surface area contributed by atoms with Crippen molar-refractivity contribution >= 4 is 40.1 Å². The summed E-state index contributed by atoms with van der Waals surface area (Å²) >= 11 is 1.09. The van der Waals surface area contributed by atoms with Gasteiger partial charge >= 0.3 is 5.97 Å². The third kappa shape index (κ3) is 4.28. The summed E-state index contributed by atoms with van der Waals surface area (Å²) in [7, 11) is 0. The number of benzene rings is 1. The lowest BCUT2D eigenvalue weighted by Crippen LogP contribution is -2.23. The van der Waals surface area contributed by atoms with E-state index in [4.69, 9.17) is 10.00 Å². The number of thiazole rings is 1. The molecule has 2 aromatic rings. The highest BCUT2D eigenvalue weighted by Crippen LogP contribution is 2.31. The molecule has 0 unspecified atom stereocenters. The maximum absolute atomic E-state index is 14.0. The van der Waals surface area contributed by atoms with Gasteiger partial charge in [0.05, 0.1) is 18.0 Å². The number of halogens is 1. The Kier molecular flexibility index (Phi) is 5.98. The molecule has 0 saturated carbocycles. The Labute approximate surface area is 147 Å². The van der Waals surface area contributed by atoms with E-state index in [0.29, 0.717) is 5.69 Å². The Morgan fingerprint density at radius 2 is 2.16 bits per heavy atom. The minimum atomic E-state index is -0.753. The fourth-order valence-electron chi connectivity index (χ4n) is 1.98. The third-order valence-corrected chi connectivity index (χ3v) is 3.86. The van der Waals surface area contributed by atoms with Crippen molar-refractivity contribution in [2.24, 2.45) is 0 Å². The molecule has 0 atom stereocenters. The first-order valence-electron chi connectivity index (χ1n) is 7.27. The number of anilines is 2. The summed E-state index contributed by atoms with van der Waals surface area (Å²) in [6.07, 6.45) is 1.26. The Bertz CT molecular complexity index is 870. The van der Waals surface area contributed by atoms with Crippen LogP contribution in [0.3, 0.4) is 0 Å². The quantitative estimate of drug-likeness (QED) is 0.464. The smallest absolute Gasteiger partial charge is 0.348 e. The Morgan fingerprint density at radius 1 is 1.44 bits per heavy atom. The molecule has 8 heteroatoms. The summed E-state index contributed by atoms with van der Waals surface area (Å²) in [4.78, 5) is 28.9. The number of hydrogen-bond acceptors (Lipinski definition) is 6. The number of para-hydroxylation sites is 1. The molecule has 128 valence electrons. The lowest BCUT2D eigenvalue weighted by molar-refractivity contribution is -0.137. The zero-order valence-electron chi connectivity index (χ0n) is 13.5. The first-order chi connectivity index (χ1) is 12.0. The Hall–Kier alpha value is -3.05. The van der Waals surface area contributed by atoms with Gasteiger partial charge in [-0.15, -0.1) is 11.3 Å². The molecule has 0 spiro atoms. The maximum Gasteiger partial charge on any atom is 0.348 e. The molecule has 6 nitrogen and oxygen atoms in total. The van der Waals surface area contributed by atoms with Gasteiger partial charge in [0.1, 0.15) is 17.5 Å². The van der Waals surface area contributed by atoms with E-state index < -0.39 is 17.7 Å². The van der Waals surface area contributed by atoms with Gasteiger partial charge in [-0.25, -0.2) is 14.2 Å². The van der Waals surface area contributed by atoms with Crippen molar-refractivity contribution in [2.75, 3.05) is 11.5 Å². The minimum absolute atomic E-state index is 0.0748. The second kappa shape index (κ2) is 8.17. The molecule has 0 N–H and O–H groups in total. The molecule has 0 fully saturated rings. The molecule has 0 aliphatic rings. The van der Waals surface area contributed by atoms with Gasteiger partial charge in [0.15, 0.2) is 5.13 Å². The van der Waals surface area contributed by atoms with Gasteiger partial charge in [-0.2, -0.15) is 5.26 Å². The summed E-state index contributed by atoms with van der Waals surface area (Å²) < 4.78 is 18.8. The van der Waals surface area contributed by atoms with Crippen LogP contribution < -0.4 is 4.90 Å². The second-order valence-corrected chi connectivity index (χ2v) is 5.59. The first kappa shape index (κ1) is 18.3. The molecule has 1 heterocycles. The van der Waals surface area contributed by atoms with E-state index in [1.807, 2.05) is 0 Å². The van der Waals surface area contributed by atoms with E-state index in [1.54, 1.807) is 24.4 Å². The number of esters is 1. The van der Waals surface area contributed by atoms with E-state index in [0.717, 1.165) is 16.2 Å². The number of nitriles is 1. The van der Waals surface area contributed by atoms with Gasteiger partial charge in [-0.3, -0.25) is 9.69 Å². The fourth-order valence-corrected chi connectivity index (χ4v) is 2.82. The predicted octanol–water partition coefficient (Wildman–Crippen LogP) is 3.44. The second-order valence-electron chi connectivity index (χ2n) is 4.75. The first-order valence-corrected chi connectivity index (χ1v) is 8.15. The molecule has 1 amide bonds. The Morgan fingerprint density at radius 3 is 2.76 bits per heavy atom. The molecule has 1 aromatic carbocycles. The number of hydrogen-bond donors (Lipinski definition) is 0. The summed E-state index contributed by atoms with van der Waals surface area (Å²) in [6.45, 7) is 3.07. The molecule has 0 bridgehead atoms. The van der Waals surface area contributed by atoms with Gasteiger partial charge in [-0.05, 0) is 25.1 Å². The monoisotopic (exact) mass is 359 g/mol. The minimum Gasteiger partial charge on any atom is -0.462 e. The van der Waals surface area contributed by atoms with E-state index in [1.165, 1.54) is 31.2 Å². The summed E-state index contributed by atoms with van der Waals surface area (Å²) in [6, 6.07) is 7.59. The van der Waals surface area contributed by atoms with Gasteiger partial charge < -0.3 is 4.74 Å². The van der Waals surface area contributed by atoms with Crippen molar-refractivity contribution in [3.8, 4) is 6.07 Å². The van der Waals surface area contributed by atoms with Crippen LogP contribution in [0.5, 0.6) is 0 Å². The van der Waals surface area contributed by atoms with Gasteiger partial charge in [-0.1, -0.05) is 12.1 Å². The van der Waals surface area contributed by atoms with Crippen molar-refractivity contribution in [1.29, 1.82) is 5.26 Å². The van der Waals surface area contributed by atoms with E-state index in [-0.39, 0.29) is 23.0 Å². The average molecular weight is 359 g/mol.